The molecule has 0 bridgehead atoms. The Morgan fingerprint density at radius 2 is 1.74 bits per heavy atom. The van der Waals surface area contributed by atoms with Crippen molar-refractivity contribution in [3.8, 4) is 0 Å². The number of hydrogen-bond donors (Lipinski definition) is 2. The number of amides is 1. The van der Waals surface area contributed by atoms with E-state index in [4.69, 9.17) is 5.73 Å². The summed E-state index contributed by atoms with van der Waals surface area (Å²) < 4.78 is 0. The van der Waals surface area contributed by atoms with Crippen LogP contribution in [0.4, 0.5) is 0 Å². The van der Waals surface area contributed by atoms with E-state index in [1.165, 1.54) is 32.1 Å². The Morgan fingerprint density at radius 1 is 1.21 bits per heavy atom. The molecule has 4 heteroatoms. The molecular weight excluding hydrogens is 260 g/mol. The van der Waals surface area contributed by atoms with Crippen LogP contribution < -0.4 is 11.1 Å². The van der Waals surface area contributed by atoms with Gasteiger partial charge < -0.3 is 11.1 Å². The number of hydrogen-bond acceptors (Lipinski definition) is 2. The topological polar surface area (TPSA) is 55.1 Å². The molecule has 0 aromatic heterocycles. The smallest absolute Gasteiger partial charge is 0.224 e. The zero-order valence-corrected chi connectivity index (χ0v) is 13.7. The average molecular weight is 291 g/mol. The molecular formula is C15H31ClN2O. The predicted octanol–water partition coefficient (Wildman–Crippen LogP) is 3.11. The highest BCUT2D eigenvalue weighted by molar-refractivity contribution is 5.85. The lowest BCUT2D eigenvalue weighted by Gasteiger charge is -2.32. The summed E-state index contributed by atoms with van der Waals surface area (Å²) in [5.41, 5.74) is 6.12. The fourth-order valence-electron chi connectivity index (χ4n) is 3.12. The van der Waals surface area contributed by atoms with Gasteiger partial charge in [-0.15, -0.1) is 12.4 Å². The van der Waals surface area contributed by atoms with Crippen LogP contribution in [0.5, 0.6) is 0 Å². The summed E-state index contributed by atoms with van der Waals surface area (Å²) in [4.78, 5) is 12.0. The molecule has 114 valence electrons. The fraction of sp³-hybridized carbons (Fsp3) is 0.933. The van der Waals surface area contributed by atoms with Crippen LogP contribution in [0, 0.1) is 17.3 Å². The van der Waals surface area contributed by atoms with E-state index in [0.717, 1.165) is 6.54 Å². The summed E-state index contributed by atoms with van der Waals surface area (Å²) in [6.07, 6.45) is 6.37. The van der Waals surface area contributed by atoms with Crippen molar-refractivity contribution >= 4 is 18.3 Å². The first-order valence-electron chi connectivity index (χ1n) is 7.39. The second kappa shape index (κ2) is 8.11. The van der Waals surface area contributed by atoms with Crippen molar-refractivity contribution < 1.29 is 4.79 Å². The van der Waals surface area contributed by atoms with Crippen LogP contribution in [0.1, 0.15) is 59.8 Å². The van der Waals surface area contributed by atoms with Crippen molar-refractivity contribution in [1.29, 1.82) is 0 Å². The lowest BCUT2D eigenvalue weighted by Crippen LogP contribution is -2.43. The van der Waals surface area contributed by atoms with Gasteiger partial charge in [-0.05, 0) is 37.5 Å². The highest BCUT2D eigenvalue weighted by atomic mass is 35.5. The Labute approximate surface area is 124 Å². The Bertz CT molecular complexity index is 273. The molecule has 1 fully saturated rings. The third-order valence-corrected chi connectivity index (χ3v) is 4.35. The van der Waals surface area contributed by atoms with E-state index >= 15 is 0 Å². The lowest BCUT2D eigenvalue weighted by molar-refractivity contribution is -0.125. The normalized spacial score (nSPS) is 20.7. The maximum atomic E-state index is 12.0. The number of halogens is 1. The molecule has 2 unspecified atom stereocenters. The van der Waals surface area contributed by atoms with Gasteiger partial charge >= 0.3 is 0 Å². The van der Waals surface area contributed by atoms with E-state index in [2.05, 4.69) is 19.2 Å². The molecule has 19 heavy (non-hydrogen) atoms. The van der Waals surface area contributed by atoms with Gasteiger partial charge in [-0.1, -0.05) is 33.6 Å². The minimum absolute atomic E-state index is 0. The van der Waals surface area contributed by atoms with E-state index in [-0.39, 0.29) is 30.3 Å². The highest BCUT2D eigenvalue weighted by Gasteiger charge is 2.35. The molecule has 0 heterocycles. The zero-order valence-electron chi connectivity index (χ0n) is 12.9. The van der Waals surface area contributed by atoms with Crippen molar-refractivity contribution in [3.63, 3.8) is 0 Å². The molecule has 1 aliphatic rings. The Morgan fingerprint density at radius 3 is 2.16 bits per heavy atom. The summed E-state index contributed by atoms with van der Waals surface area (Å²) in [6.45, 7) is 9.17. The SMILES string of the molecule is CC(C)CC1(CNC(=O)C(C)C(C)N)CCCC1.Cl. The highest BCUT2D eigenvalue weighted by Crippen LogP contribution is 2.42. The van der Waals surface area contributed by atoms with Gasteiger partial charge in [0.15, 0.2) is 0 Å². The summed E-state index contributed by atoms with van der Waals surface area (Å²) in [5.74, 6) is 0.716. The minimum Gasteiger partial charge on any atom is -0.355 e. The van der Waals surface area contributed by atoms with Gasteiger partial charge in [0.05, 0.1) is 0 Å². The zero-order chi connectivity index (χ0) is 13.8. The van der Waals surface area contributed by atoms with Crippen molar-refractivity contribution in [2.75, 3.05) is 6.54 Å². The molecule has 0 aromatic rings. The largest absolute Gasteiger partial charge is 0.355 e. The first kappa shape index (κ1) is 18.7. The molecule has 1 saturated carbocycles. The molecule has 3 N–H and O–H groups in total. The number of rotatable bonds is 6. The van der Waals surface area contributed by atoms with E-state index in [9.17, 15) is 4.79 Å². The van der Waals surface area contributed by atoms with Crippen LogP contribution >= 0.6 is 12.4 Å². The summed E-state index contributed by atoms with van der Waals surface area (Å²) >= 11 is 0. The maximum Gasteiger partial charge on any atom is 0.224 e. The van der Waals surface area contributed by atoms with Crippen LogP contribution in [0.15, 0.2) is 0 Å². The molecule has 0 aromatic carbocycles. The quantitative estimate of drug-likeness (QED) is 0.790. The third-order valence-electron chi connectivity index (χ3n) is 4.35. The molecule has 0 spiro atoms. The van der Waals surface area contributed by atoms with Gasteiger partial charge in [0.25, 0.3) is 0 Å². The number of carbonyl (C=O) groups excluding carboxylic acids is 1. The van der Waals surface area contributed by atoms with Crippen molar-refractivity contribution in [3.05, 3.63) is 0 Å². The van der Waals surface area contributed by atoms with Gasteiger partial charge in [-0.2, -0.15) is 0 Å². The van der Waals surface area contributed by atoms with E-state index in [0.29, 0.717) is 11.3 Å². The molecule has 2 atom stereocenters. The first-order valence-corrected chi connectivity index (χ1v) is 7.39. The van der Waals surface area contributed by atoms with Crippen LogP contribution in [0.2, 0.25) is 0 Å². The number of nitrogens with two attached hydrogens (primary N) is 1. The molecule has 0 aliphatic heterocycles. The average Bonchev–Trinajstić information content (AvgIpc) is 2.72. The molecule has 1 aliphatic carbocycles. The molecule has 1 amide bonds. The van der Waals surface area contributed by atoms with Crippen LogP contribution in [-0.2, 0) is 4.79 Å². The van der Waals surface area contributed by atoms with Gasteiger partial charge in [0.2, 0.25) is 5.91 Å². The fourth-order valence-corrected chi connectivity index (χ4v) is 3.12. The summed E-state index contributed by atoms with van der Waals surface area (Å²) in [5, 5.41) is 3.13. The van der Waals surface area contributed by atoms with Crippen LogP contribution in [0.25, 0.3) is 0 Å². The van der Waals surface area contributed by atoms with E-state index in [1.807, 2.05) is 13.8 Å². The Balaban J connectivity index is 0.00000324. The van der Waals surface area contributed by atoms with Gasteiger partial charge in [-0.3, -0.25) is 4.79 Å². The maximum absolute atomic E-state index is 12.0. The lowest BCUT2D eigenvalue weighted by atomic mass is 9.78. The predicted molar refractivity (Wildman–Crippen MR) is 83.4 cm³/mol. The van der Waals surface area contributed by atoms with Crippen LogP contribution in [-0.4, -0.2) is 18.5 Å². The standard InChI is InChI=1S/C15H30N2O.ClH/c1-11(2)9-15(7-5-6-8-15)10-17-14(18)12(3)13(4)16;/h11-13H,5-10,16H2,1-4H3,(H,17,18);1H. The molecule has 0 radical (unpaired) electrons. The number of carbonyl (C=O) groups is 1. The monoisotopic (exact) mass is 290 g/mol. The second-order valence-corrected chi connectivity index (χ2v) is 6.67. The minimum atomic E-state index is -0.0949. The van der Waals surface area contributed by atoms with Gasteiger partial charge in [0.1, 0.15) is 0 Å². The first-order chi connectivity index (χ1) is 8.36. The summed E-state index contributed by atoms with van der Waals surface area (Å²) in [7, 11) is 0. The van der Waals surface area contributed by atoms with Crippen LogP contribution in [0.3, 0.4) is 0 Å². The van der Waals surface area contributed by atoms with Crippen molar-refractivity contribution in [2.45, 2.75) is 65.8 Å². The third kappa shape index (κ3) is 5.70. The van der Waals surface area contributed by atoms with Crippen molar-refractivity contribution in [1.82, 2.24) is 5.32 Å². The summed E-state index contributed by atoms with van der Waals surface area (Å²) in [6, 6.07) is -0.0744. The second-order valence-electron chi connectivity index (χ2n) is 6.67. The van der Waals surface area contributed by atoms with E-state index < -0.39 is 0 Å². The van der Waals surface area contributed by atoms with Crippen molar-refractivity contribution in [2.24, 2.45) is 23.0 Å². The molecule has 0 saturated heterocycles. The van der Waals surface area contributed by atoms with Gasteiger partial charge in [0, 0.05) is 18.5 Å². The van der Waals surface area contributed by atoms with Gasteiger partial charge in [-0.25, -0.2) is 0 Å². The Hall–Kier alpha value is -0.280. The van der Waals surface area contributed by atoms with E-state index in [1.54, 1.807) is 0 Å². The number of nitrogens with one attached hydrogen (secondary N) is 1. The Kier molecular flexibility index (Phi) is 7.99. The molecule has 3 nitrogen and oxygen atoms in total. The molecule has 1 rings (SSSR count).